The molecule has 0 saturated carbocycles. The van der Waals surface area contributed by atoms with Crippen LogP contribution in [0.2, 0.25) is 0 Å². The first-order chi connectivity index (χ1) is 11.7. The highest BCUT2D eigenvalue weighted by Crippen LogP contribution is 2.23. The average Bonchev–Trinajstić information content (AvgIpc) is 3.31. The molecule has 0 unspecified atom stereocenters. The van der Waals surface area contributed by atoms with Crippen LogP contribution in [-0.2, 0) is 6.54 Å². The van der Waals surface area contributed by atoms with Gasteiger partial charge in [-0.1, -0.05) is 0 Å². The van der Waals surface area contributed by atoms with Gasteiger partial charge in [-0.25, -0.2) is 9.78 Å². The number of carbonyl (C=O) groups excluding carboxylic acids is 1. The third-order valence-electron chi connectivity index (χ3n) is 4.60. The predicted molar refractivity (Wildman–Crippen MR) is 96.1 cm³/mol. The Hall–Kier alpha value is -1.86. The van der Waals surface area contributed by atoms with E-state index in [-0.39, 0.29) is 6.03 Å². The molecule has 6 nitrogen and oxygen atoms in total. The lowest BCUT2D eigenvalue weighted by molar-refractivity contribution is 0.114. The molecular formula is C17H25N5OS. The van der Waals surface area contributed by atoms with Crippen LogP contribution in [0.1, 0.15) is 24.9 Å². The number of nitrogens with one attached hydrogen (secondary N) is 1. The van der Waals surface area contributed by atoms with E-state index in [4.69, 9.17) is 0 Å². The zero-order valence-electron chi connectivity index (χ0n) is 14.1. The fourth-order valence-corrected chi connectivity index (χ4v) is 3.77. The maximum atomic E-state index is 12.2. The third-order valence-corrected chi connectivity index (χ3v) is 5.30. The normalized spacial score (nSPS) is 17.0. The Kier molecular flexibility index (Phi) is 5.87. The summed E-state index contributed by atoms with van der Waals surface area (Å²) in [6.45, 7) is 7.27. The fraction of sp³-hybridized carbons (Fsp3) is 0.529. The molecule has 0 aliphatic carbocycles. The van der Waals surface area contributed by atoms with Gasteiger partial charge >= 0.3 is 6.03 Å². The fourth-order valence-electron chi connectivity index (χ4n) is 3.02. The Morgan fingerprint density at radius 2 is 2.21 bits per heavy atom. The number of aromatic nitrogens is 2. The topological polar surface area (TPSA) is 53.4 Å². The monoisotopic (exact) mass is 347 g/mol. The van der Waals surface area contributed by atoms with E-state index in [1.54, 1.807) is 23.9 Å². The molecule has 1 aliphatic rings. The van der Waals surface area contributed by atoms with Crippen LogP contribution < -0.4 is 5.32 Å². The molecule has 2 aromatic heterocycles. The van der Waals surface area contributed by atoms with Gasteiger partial charge in [-0.15, -0.1) is 0 Å². The average molecular weight is 347 g/mol. The first-order valence-corrected chi connectivity index (χ1v) is 9.43. The van der Waals surface area contributed by atoms with Crippen LogP contribution in [0.25, 0.3) is 0 Å². The SMILES string of the molecule is C[C@@H](c1ccsc1)N1CCN(C(=O)NCCCn2ccnc2)CC1. The molecule has 2 amide bonds. The molecule has 1 aliphatic heterocycles. The molecule has 1 N–H and O–H groups in total. The van der Waals surface area contributed by atoms with Gasteiger partial charge in [0.15, 0.2) is 0 Å². The van der Waals surface area contributed by atoms with Crippen LogP contribution in [0.3, 0.4) is 0 Å². The Balaban J connectivity index is 1.35. The minimum absolute atomic E-state index is 0.0588. The lowest BCUT2D eigenvalue weighted by Gasteiger charge is -2.37. The van der Waals surface area contributed by atoms with Crippen LogP contribution in [0.15, 0.2) is 35.5 Å². The molecule has 0 spiro atoms. The molecule has 3 heterocycles. The van der Waals surface area contributed by atoms with Gasteiger partial charge in [-0.3, -0.25) is 4.90 Å². The molecule has 130 valence electrons. The molecule has 3 rings (SSSR count). The van der Waals surface area contributed by atoms with Crippen molar-refractivity contribution < 1.29 is 4.79 Å². The highest BCUT2D eigenvalue weighted by Gasteiger charge is 2.24. The van der Waals surface area contributed by atoms with Gasteiger partial charge in [-0.2, -0.15) is 11.3 Å². The second-order valence-corrected chi connectivity index (χ2v) is 6.92. The molecule has 1 fully saturated rings. The van der Waals surface area contributed by atoms with Crippen molar-refractivity contribution in [2.75, 3.05) is 32.7 Å². The highest BCUT2D eigenvalue weighted by atomic mass is 32.1. The summed E-state index contributed by atoms with van der Waals surface area (Å²) in [7, 11) is 0. The number of amides is 2. The van der Waals surface area contributed by atoms with Crippen molar-refractivity contribution in [3.05, 3.63) is 41.1 Å². The number of aryl methyl sites for hydroxylation is 1. The van der Waals surface area contributed by atoms with Crippen LogP contribution in [0.4, 0.5) is 4.79 Å². The number of hydrogen-bond acceptors (Lipinski definition) is 4. The lowest BCUT2D eigenvalue weighted by atomic mass is 10.1. The molecule has 0 aromatic carbocycles. The van der Waals surface area contributed by atoms with Crippen molar-refractivity contribution >= 4 is 17.4 Å². The van der Waals surface area contributed by atoms with E-state index in [9.17, 15) is 4.79 Å². The van der Waals surface area contributed by atoms with E-state index in [0.717, 1.165) is 39.1 Å². The van der Waals surface area contributed by atoms with Crippen molar-refractivity contribution in [2.45, 2.75) is 25.9 Å². The maximum absolute atomic E-state index is 12.2. The summed E-state index contributed by atoms with van der Waals surface area (Å²) < 4.78 is 2.02. The summed E-state index contributed by atoms with van der Waals surface area (Å²) in [4.78, 5) is 20.6. The van der Waals surface area contributed by atoms with E-state index in [0.29, 0.717) is 12.6 Å². The number of hydrogen-bond donors (Lipinski definition) is 1. The van der Waals surface area contributed by atoms with Crippen LogP contribution in [0, 0.1) is 0 Å². The Morgan fingerprint density at radius 1 is 1.38 bits per heavy atom. The number of urea groups is 1. The van der Waals surface area contributed by atoms with Crippen molar-refractivity contribution in [1.29, 1.82) is 0 Å². The standard InChI is InChI=1S/C17H25N5OS/c1-15(16-3-12-24-13-16)21-8-10-22(11-9-21)17(23)19-4-2-6-20-7-5-18-14-20/h3,5,7,12-15H,2,4,6,8-11H2,1H3,(H,19,23)/t15-/m0/s1. The number of rotatable bonds is 6. The van der Waals surface area contributed by atoms with Gasteiger partial charge in [0.1, 0.15) is 0 Å². The van der Waals surface area contributed by atoms with Crippen molar-refractivity contribution in [3.8, 4) is 0 Å². The summed E-state index contributed by atoms with van der Waals surface area (Å²) >= 11 is 1.74. The molecule has 1 saturated heterocycles. The van der Waals surface area contributed by atoms with E-state index >= 15 is 0 Å². The number of nitrogens with zero attached hydrogens (tertiary/aromatic N) is 4. The lowest BCUT2D eigenvalue weighted by Crippen LogP contribution is -2.52. The quantitative estimate of drug-likeness (QED) is 0.817. The second-order valence-electron chi connectivity index (χ2n) is 6.14. The molecule has 1 atom stereocenters. The summed E-state index contributed by atoms with van der Waals surface area (Å²) in [6, 6.07) is 2.68. The van der Waals surface area contributed by atoms with Crippen LogP contribution in [0.5, 0.6) is 0 Å². The molecule has 24 heavy (non-hydrogen) atoms. The Morgan fingerprint density at radius 3 is 2.88 bits per heavy atom. The first-order valence-electron chi connectivity index (χ1n) is 8.48. The zero-order valence-corrected chi connectivity index (χ0v) is 14.9. The number of piperazine rings is 1. The van der Waals surface area contributed by atoms with E-state index in [2.05, 4.69) is 39.0 Å². The van der Waals surface area contributed by atoms with Gasteiger partial charge in [0.05, 0.1) is 6.33 Å². The van der Waals surface area contributed by atoms with Gasteiger partial charge in [0.25, 0.3) is 0 Å². The molecular weight excluding hydrogens is 322 g/mol. The molecule has 0 bridgehead atoms. The number of thiophene rings is 1. The van der Waals surface area contributed by atoms with Crippen molar-refractivity contribution in [2.24, 2.45) is 0 Å². The smallest absolute Gasteiger partial charge is 0.317 e. The summed E-state index contributed by atoms with van der Waals surface area (Å²) in [5.41, 5.74) is 1.37. The summed E-state index contributed by atoms with van der Waals surface area (Å²) in [5.74, 6) is 0. The number of carbonyl (C=O) groups is 1. The van der Waals surface area contributed by atoms with Crippen molar-refractivity contribution in [1.82, 2.24) is 24.7 Å². The van der Waals surface area contributed by atoms with Gasteiger partial charge in [0, 0.05) is 57.7 Å². The van der Waals surface area contributed by atoms with Crippen LogP contribution >= 0.6 is 11.3 Å². The summed E-state index contributed by atoms with van der Waals surface area (Å²) in [5, 5.41) is 7.36. The zero-order chi connectivity index (χ0) is 16.8. The van der Waals surface area contributed by atoms with Crippen molar-refractivity contribution in [3.63, 3.8) is 0 Å². The Bertz CT molecular complexity index is 605. The minimum Gasteiger partial charge on any atom is -0.338 e. The van der Waals surface area contributed by atoms with E-state index in [1.165, 1.54) is 5.56 Å². The Labute approximate surface area is 147 Å². The van der Waals surface area contributed by atoms with Gasteiger partial charge in [0.2, 0.25) is 0 Å². The third kappa shape index (κ3) is 4.36. The predicted octanol–water partition coefficient (Wildman–Crippen LogP) is 2.42. The van der Waals surface area contributed by atoms with E-state index < -0.39 is 0 Å². The minimum atomic E-state index is 0.0588. The molecule has 7 heteroatoms. The summed E-state index contributed by atoms with van der Waals surface area (Å²) in [6.07, 6.45) is 6.43. The number of imidazole rings is 1. The highest BCUT2D eigenvalue weighted by molar-refractivity contribution is 7.07. The second kappa shape index (κ2) is 8.30. The first kappa shape index (κ1) is 17.0. The van der Waals surface area contributed by atoms with Crippen LogP contribution in [-0.4, -0.2) is 58.1 Å². The van der Waals surface area contributed by atoms with E-state index in [1.807, 2.05) is 15.7 Å². The molecule has 2 aromatic rings. The largest absolute Gasteiger partial charge is 0.338 e. The maximum Gasteiger partial charge on any atom is 0.317 e. The van der Waals surface area contributed by atoms with Gasteiger partial charge in [-0.05, 0) is 35.7 Å². The van der Waals surface area contributed by atoms with Gasteiger partial charge < -0.3 is 14.8 Å². The molecule has 0 radical (unpaired) electrons.